The van der Waals surface area contributed by atoms with Crippen molar-refractivity contribution in [1.82, 2.24) is 5.43 Å². The van der Waals surface area contributed by atoms with Crippen molar-refractivity contribution in [3.63, 3.8) is 0 Å². The number of benzene rings is 2. The van der Waals surface area contributed by atoms with Crippen LogP contribution in [0, 0.1) is 0 Å². The van der Waals surface area contributed by atoms with Gasteiger partial charge in [-0.1, -0.05) is 25.5 Å². The van der Waals surface area contributed by atoms with Crippen molar-refractivity contribution in [1.29, 1.82) is 0 Å². The number of nitrogens with zero attached hydrogens (tertiary/aromatic N) is 1. The molecule has 0 radical (unpaired) electrons. The van der Waals surface area contributed by atoms with Gasteiger partial charge in [-0.15, -0.1) is 0 Å². The first-order valence-electron chi connectivity index (χ1n) is 8.14. The van der Waals surface area contributed by atoms with Crippen LogP contribution in [0.2, 0.25) is 0 Å². The molecule has 0 saturated carbocycles. The fourth-order valence-corrected chi connectivity index (χ4v) is 1.92. The number of nitrogens with one attached hydrogen (secondary N) is 1. The summed E-state index contributed by atoms with van der Waals surface area (Å²) in [6.45, 7) is 2.64. The van der Waals surface area contributed by atoms with Crippen LogP contribution in [-0.2, 0) is 4.79 Å². The second kappa shape index (κ2) is 9.97. The summed E-state index contributed by atoms with van der Waals surface area (Å²) < 4.78 is 10.9. The lowest BCUT2D eigenvalue weighted by molar-refractivity contribution is -0.123. The van der Waals surface area contributed by atoms with Crippen LogP contribution in [0.15, 0.2) is 53.6 Å². The molecule has 0 heterocycles. The highest BCUT2D eigenvalue weighted by molar-refractivity contribution is 5.85. The smallest absolute Gasteiger partial charge is 0.277 e. The molecule has 0 spiro atoms. The van der Waals surface area contributed by atoms with Crippen LogP contribution in [0.1, 0.15) is 25.3 Å². The average Bonchev–Trinajstić information content (AvgIpc) is 2.63. The first kappa shape index (κ1) is 18.3. The summed E-state index contributed by atoms with van der Waals surface area (Å²) in [6, 6.07) is 13.8. The lowest BCUT2D eigenvalue weighted by Gasteiger charge is -2.07. The monoisotopic (exact) mass is 342 g/mol. The van der Waals surface area contributed by atoms with Crippen molar-refractivity contribution in [2.24, 2.45) is 5.10 Å². The van der Waals surface area contributed by atoms with Gasteiger partial charge in [0.25, 0.3) is 5.91 Å². The van der Waals surface area contributed by atoms with Crippen LogP contribution < -0.4 is 14.9 Å². The summed E-state index contributed by atoms with van der Waals surface area (Å²) in [7, 11) is 0. The summed E-state index contributed by atoms with van der Waals surface area (Å²) >= 11 is 0. The molecule has 0 fully saturated rings. The van der Waals surface area contributed by atoms with Crippen LogP contribution >= 0.6 is 0 Å². The Kier molecular flexibility index (Phi) is 7.31. The number of carbonyl (C=O) groups is 1. The van der Waals surface area contributed by atoms with Gasteiger partial charge in [-0.25, -0.2) is 5.43 Å². The maximum Gasteiger partial charge on any atom is 0.277 e. The molecule has 2 N–H and O–H groups in total. The van der Waals surface area contributed by atoms with Crippen molar-refractivity contribution >= 4 is 12.1 Å². The standard InChI is InChI=1S/C19H22N2O4/c1-2-3-12-24-16-8-10-17(11-9-16)25-14-19(23)21-20-13-15-6-4-5-7-18(15)22/h4-11,13,22H,2-3,12,14H2,1H3,(H,21,23)/b20-13+. The maximum absolute atomic E-state index is 11.7. The molecule has 0 aliphatic carbocycles. The highest BCUT2D eigenvalue weighted by Gasteiger charge is 2.02. The van der Waals surface area contributed by atoms with Crippen molar-refractivity contribution in [3.8, 4) is 17.2 Å². The molecule has 132 valence electrons. The third-order valence-corrected chi connectivity index (χ3v) is 3.29. The Morgan fingerprint density at radius 3 is 2.48 bits per heavy atom. The zero-order chi connectivity index (χ0) is 17.9. The van der Waals surface area contributed by atoms with Gasteiger partial charge in [0.2, 0.25) is 0 Å². The number of ether oxygens (including phenoxy) is 2. The van der Waals surface area contributed by atoms with Crippen LogP contribution in [0.3, 0.4) is 0 Å². The molecular weight excluding hydrogens is 320 g/mol. The number of phenolic OH excluding ortho intramolecular Hbond substituents is 1. The van der Waals surface area contributed by atoms with Gasteiger partial charge < -0.3 is 14.6 Å². The molecule has 2 rings (SSSR count). The highest BCUT2D eigenvalue weighted by Crippen LogP contribution is 2.17. The van der Waals surface area contributed by atoms with Crippen molar-refractivity contribution < 1.29 is 19.4 Å². The Bertz CT molecular complexity index is 699. The van der Waals surface area contributed by atoms with Crippen LogP contribution in [-0.4, -0.2) is 30.4 Å². The number of amides is 1. The van der Waals surface area contributed by atoms with Crippen molar-refractivity contribution in [2.75, 3.05) is 13.2 Å². The number of phenols is 1. The van der Waals surface area contributed by atoms with Gasteiger partial charge in [0, 0.05) is 5.56 Å². The van der Waals surface area contributed by atoms with E-state index in [0.29, 0.717) is 17.9 Å². The lowest BCUT2D eigenvalue weighted by Crippen LogP contribution is -2.24. The van der Waals surface area contributed by atoms with E-state index in [-0.39, 0.29) is 12.4 Å². The Morgan fingerprint density at radius 1 is 1.12 bits per heavy atom. The second-order valence-electron chi connectivity index (χ2n) is 5.31. The zero-order valence-electron chi connectivity index (χ0n) is 14.1. The molecule has 2 aromatic carbocycles. The van der Waals surface area contributed by atoms with E-state index >= 15 is 0 Å². The minimum Gasteiger partial charge on any atom is -0.507 e. The fraction of sp³-hybridized carbons (Fsp3) is 0.263. The highest BCUT2D eigenvalue weighted by atomic mass is 16.5. The minimum absolute atomic E-state index is 0.0954. The number of hydrogen-bond donors (Lipinski definition) is 2. The van der Waals surface area contributed by atoms with E-state index in [9.17, 15) is 9.90 Å². The number of unbranched alkanes of at least 4 members (excludes halogenated alkanes) is 1. The van der Waals surface area contributed by atoms with Crippen molar-refractivity contribution in [2.45, 2.75) is 19.8 Å². The summed E-state index contributed by atoms with van der Waals surface area (Å²) in [4.78, 5) is 11.7. The topological polar surface area (TPSA) is 80.2 Å². The Hall–Kier alpha value is -3.02. The number of aromatic hydroxyl groups is 1. The molecule has 2 aromatic rings. The van der Waals surface area contributed by atoms with E-state index in [4.69, 9.17) is 9.47 Å². The summed E-state index contributed by atoms with van der Waals surface area (Å²) in [5.41, 5.74) is 2.86. The van der Waals surface area contributed by atoms with Gasteiger partial charge in [-0.05, 0) is 42.8 Å². The first-order chi connectivity index (χ1) is 12.2. The van der Waals surface area contributed by atoms with E-state index < -0.39 is 5.91 Å². The molecule has 6 nitrogen and oxygen atoms in total. The molecule has 0 saturated heterocycles. The average molecular weight is 342 g/mol. The summed E-state index contributed by atoms with van der Waals surface area (Å²) in [6.07, 6.45) is 3.47. The minimum atomic E-state index is -0.394. The quantitative estimate of drug-likeness (QED) is 0.417. The number of hydrogen-bond acceptors (Lipinski definition) is 5. The first-order valence-corrected chi connectivity index (χ1v) is 8.14. The van der Waals surface area contributed by atoms with Gasteiger partial charge in [-0.3, -0.25) is 4.79 Å². The van der Waals surface area contributed by atoms with Gasteiger partial charge in [0.1, 0.15) is 17.2 Å². The van der Waals surface area contributed by atoms with Crippen molar-refractivity contribution in [3.05, 3.63) is 54.1 Å². The second-order valence-corrected chi connectivity index (χ2v) is 5.31. The molecule has 25 heavy (non-hydrogen) atoms. The van der Waals surface area contributed by atoms with E-state index in [1.54, 1.807) is 48.5 Å². The third-order valence-electron chi connectivity index (χ3n) is 3.29. The number of hydrazone groups is 1. The molecule has 6 heteroatoms. The molecule has 1 amide bonds. The van der Waals surface area contributed by atoms with E-state index in [2.05, 4.69) is 17.5 Å². The van der Waals surface area contributed by atoms with Crippen LogP contribution in [0.25, 0.3) is 0 Å². The lowest BCUT2D eigenvalue weighted by atomic mass is 10.2. The Labute approximate surface area is 147 Å². The third kappa shape index (κ3) is 6.55. The molecule has 0 unspecified atom stereocenters. The molecule has 0 aliphatic rings. The van der Waals surface area contributed by atoms with E-state index in [0.717, 1.165) is 18.6 Å². The van der Waals surface area contributed by atoms with Gasteiger partial charge in [-0.2, -0.15) is 5.10 Å². The van der Waals surface area contributed by atoms with Crippen LogP contribution in [0.4, 0.5) is 0 Å². The maximum atomic E-state index is 11.7. The Morgan fingerprint density at radius 2 is 1.80 bits per heavy atom. The SMILES string of the molecule is CCCCOc1ccc(OCC(=O)N/N=C/c2ccccc2O)cc1. The predicted molar refractivity (Wildman–Crippen MR) is 96.2 cm³/mol. The number of rotatable bonds is 9. The number of para-hydroxylation sites is 1. The molecule has 0 bridgehead atoms. The number of carbonyl (C=O) groups excluding carboxylic acids is 1. The zero-order valence-corrected chi connectivity index (χ0v) is 14.1. The molecule has 0 aliphatic heterocycles. The fourth-order valence-electron chi connectivity index (χ4n) is 1.92. The molecule has 0 aromatic heterocycles. The van der Waals surface area contributed by atoms with Crippen LogP contribution in [0.5, 0.6) is 17.2 Å². The van der Waals surface area contributed by atoms with Gasteiger partial charge >= 0.3 is 0 Å². The predicted octanol–water partition coefficient (Wildman–Crippen LogP) is 3.10. The normalized spacial score (nSPS) is 10.6. The largest absolute Gasteiger partial charge is 0.507 e. The van der Waals surface area contributed by atoms with Gasteiger partial charge in [0.15, 0.2) is 6.61 Å². The van der Waals surface area contributed by atoms with E-state index in [1.165, 1.54) is 6.21 Å². The molecule has 0 atom stereocenters. The molecular formula is C19H22N2O4. The van der Waals surface area contributed by atoms with Gasteiger partial charge in [0.05, 0.1) is 12.8 Å². The summed E-state index contributed by atoms with van der Waals surface area (Å²) in [5.74, 6) is 1.05. The Balaban J connectivity index is 1.73. The van der Waals surface area contributed by atoms with E-state index in [1.807, 2.05) is 0 Å². The summed E-state index contributed by atoms with van der Waals surface area (Å²) in [5, 5.41) is 13.4.